The second-order valence-corrected chi connectivity index (χ2v) is 10.1. The zero-order chi connectivity index (χ0) is 24.8. The number of primary amides is 1. The van der Waals surface area contributed by atoms with Crippen LogP contribution in [0.2, 0.25) is 0 Å². The first-order valence-corrected chi connectivity index (χ1v) is 12.8. The van der Waals surface area contributed by atoms with Crippen LogP contribution in [0.5, 0.6) is 0 Å². The Morgan fingerprint density at radius 1 is 0.971 bits per heavy atom. The van der Waals surface area contributed by atoms with Crippen LogP contribution in [0.3, 0.4) is 0 Å². The quantitative estimate of drug-likeness (QED) is 0.316. The van der Waals surface area contributed by atoms with Crippen LogP contribution < -0.4 is 15.8 Å². The molecule has 0 atom stereocenters. The van der Waals surface area contributed by atoms with Gasteiger partial charge in [0.15, 0.2) is 0 Å². The van der Waals surface area contributed by atoms with Gasteiger partial charge in [-0.05, 0) is 54.1 Å². The Bertz CT molecular complexity index is 1430. The molecule has 0 unspecified atom stereocenters. The fraction of sp³-hybridized carbons (Fsp3) is 0.154. The second-order valence-electron chi connectivity index (χ2n) is 8.04. The average Bonchev–Trinajstić information content (AvgIpc) is 3.33. The van der Waals surface area contributed by atoms with Crippen molar-refractivity contribution in [3.8, 4) is 22.4 Å². The summed E-state index contributed by atoms with van der Waals surface area (Å²) in [5.74, 6) is -0.518. The van der Waals surface area contributed by atoms with Crippen LogP contribution in [0.15, 0.2) is 85.1 Å². The van der Waals surface area contributed by atoms with Crippen molar-refractivity contribution in [2.75, 3.05) is 24.7 Å². The van der Waals surface area contributed by atoms with E-state index < -0.39 is 15.9 Å². The van der Waals surface area contributed by atoms with Gasteiger partial charge in [0.2, 0.25) is 15.9 Å². The Morgan fingerprint density at radius 3 is 2.51 bits per heavy atom. The molecule has 4 aromatic rings. The molecule has 0 saturated carbocycles. The van der Waals surface area contributed by atoms with Crippen molar-refractivity contribution in [1.29, 1.82) is 0 Å². The summed E-state index contributed by atoms with van der Waals surface area (Å²) in [6.45, 7) is 0.726. The predicted octanol–water partition coefficient (Wildman–Crippen LogP) is 3.33. The molecule has 0 aliphatic carbocycles. The first-order valence-electron chi connectivity index (χ1n) is 11.1. The highest BCUT2D eigenvalue weighted by Gasteiger charge is 2.13. The molecule has 0 saturated heterocycles. The molecular formula is C26H27N5O3S. The molecule has 0 aliphatic rings. The summed E-state index contributed by atoms with van der Waals surface area (Å²) < 4.78 is 27.8. The van der Waals surface area contributed by atoms with Crippen molar-refractivity contribution in [1.82, 2.24) is 14.5 Å². The molecule has 4 N–H and O–H groups in total. The van der Waals surface area contributed by atoms with Gasteiger partial charge in [-0.2, -0.15) is 5.10 Å². The zero-order valence-corrected chi connectivity index (χ0v) is 20.1. The summed E-state index contributed by atoms with van der Waals surface area (Å²) in [6.07, 6.45) is 1.87. The maximum absolute atomic E-state index is 11.8. The minimum atomic E-state index is -3.32. The van der Waals surface area contributed by atoms with E-state index in [2.05, 4.69) is 10.0 Å². The van der Waals surface area contributed by atoms with Gasteiger partial charge in [-0.3, -0.25) is 9.48 Å². The van der Waals surface area contributed by atoms with E-state index in [1.807, 2.05) is 66.9 Å². The minimum absolute atomic E-state index is 0.0476. The molecule has 180 valence electrons. The number of amides is 1. The lowest BCUT2D eigenvalue weighted by Crippen LogP contribution is -2.26. The standard InChI is InChI=1S/C26H27N5O3S/c1-28-35(33,34)15-13-29-24-11-10-21(20-7-3-2-4-8-20)17-23(24)25-12-14-31(30-25)18-19-6-5-9-22(16-19)26(27)32/h2-12,14,16-17,28-29H,13,15,18H2,1H3,(H2,27,32). The molecule has 8 nitrogen and oxygen atoms in total. The lowest BCUT2D eigenvalue weighted by Gasteiger charge is -2.13. The topological polar surface area (TPSA) is 119 Å². The molecule has 4 rings (SSSR count). The number of hydrogen-bond donors (Lipinski definition) is 3. The number of nitrogens with zero attached hydrogens (tertiary/aromatic N) is 2. The van der Waals surface area contributed by atoms with Crippen LogP contribution in [0.25, 0.3) is 22.4 Å². The molecule has 3 aromatic carbocycles. The first kappa shape index (κ1) is 24.2. The third kappa shape index (κ3) is 6.14. The van der Waals surface area contributed by atoms with Gasteiger partial charge >= 0.3 is 0 Å². The molecule has 0 aliphatic heterocycles. The maximum Gasteiger partial charge on any atom is 0.248 e. The molecule has 0 radical (unpaired) electrons. The monoisotopic (exact) mass is 489 g/mol. The van der Waals surface area contributed by atoms with E-state index in [1.54, 1.807) is 22.9 Å². The Morgan fingerprint density at radius 2 is 1.77 bits per heavy atom. The number of nitrogens with two attached hydrogens (primary N) is 1. The van der Waals surface area contributed by atoms with Crippen LogP contribution >= 0.6 is 0 Å². The molecule has 1 aromatic heterocycles. The van der Waals surface area contributed by atoms with E-state index in [-0.39, 0.29) is 12.3 Å². The van der Waals surface area contributed by atoms with E-state index >= 15 is 0 Å². The van der Waals surface area contributed by atoms with E-state index in [0.717, 1.165) is 33.6 Å². The first-order chi connectivity index (χ1) is 16.8. The molecule has 9 heteroatoms. The Labute approximate surface area is 204 Å². The van der Waals surface area contributed by atoms with Crippen molar-refractivity contribution in [3.63, 3.8) is 0 Å². The van der Waals surface area contributed by atoms with Crippen molar-refractivity contribution < 1.29 is 13.2 Å². The SMILES string of the molecule is CNS(=O)(=O)CCNc1ccc(-c2ccccc2)cc1-c1ccn(Cc2cccc(C(N)=O)c2)n1. The van der Waals surface area contributed by atoms with Gasteiger partial charge in [0.25, 0.3) is 0 Å². The minimum Gasteiger partial charge on any atom is -0.383 e. The predicted molar refractivity (Wildman–Crippen MR) is 138 cm³/mol. The van der Waals surface area contributed by atoms with Crippen LogP contribution in [0, 0.1) is 0 Å². The van der Waals surface area contributed by atoms with Crippen LogP contribution in [-0.2, 0) is 16.6 Å². The smallest absolute Gasteiger partial charge is 0.248 e. The zero-order valence-electron chi connectivity index (χ0n) is 19.3. The number of sulfonamides is 1. The van der Waals surface area contributed by atoms with Crippen molar-refractivity contribution in [2.24, 2.45) is 5.73 Å². The highest BCUT2D eigenvalue weighted by atomic mass is 32.2. The van der Waals surface area contributed by atoms with E-state index in [9.17, 15) is 13.2 Å². The van der Waals surface area contributed by atoms with Crippen molar-refractivity contribution in [3.05, 3.63) is 96.2 Å². The largest absolute Gasteiger partial charge is 0.383 e. The number of carbonyl (C=O) groups excluding carboxylic acids is 1. The molecule has 0 spiro atoms. The molecule has 35 heavy (non-hydrogen) atoms. The number of hydrogen-bond acceptors (Lipinski definition) is 5. The highest BCUT2D eigenvalue weighted by molar-refractivity contribution is 7.89. The number of aromatic nitrogens is 2. The van der Waals surface area contributed by atoms with Crippen molar-refractivity contribution >= 4 is 21.6 Å². The fourth-order valence-electron chi connectivity index (χ4n) is 3.75. The normalized spacial score (nSPS) is 11.3. The summed E-state index contributed by atoms with van der Waals surface area (Å²) in [7, 11) is -1.92. The molecule has 1 heterocycles. The molecule has 0 fully saturated rings. The third-order valence-corrected chi connectivity index (χ3v) is 6.96. The molecule has 0 bridgehead atoms. The van der Waals surface area contributed by atoms with Crippen LogP contribution in [-0.4, -0.2) is 43.5 Å². The highest BCUT2D eigenvalue weighted by Crippen LogP contribution is 2.32. The van der Waals surface area contributed by atoms with Gasteiger partial charge in [-0.1, -0.05) is 48.5 Å². The van der Waals surface area contributed by atoms with E-state index in [0.29, 0.717) is 12.1 Å². The average molecular weight is 490 g/mol. The lowest BCUT2D eigenvalue weighted by atomic mass is 10.00. The van der Waals surface area contributed by atoms with Gasteiger partial charge in [0.05, 0.1) is 18.0 Å². The Balaban J connectivity index is 1.64. The molecule has 1 amide bonds. The van der Waals surface area contributed by atoms with Crippen LogP contribution in [0.4, 0.5) is 5.69 Å². The summed E-state index contributed by atoms with van der Waals surface area (Å²) in [6, 6.07) is 25.1. The number of carbonyl (C=O) groups is 1. The van der Waals surface area contributed by atoms with Gasteiger partial charge in [0.1, 0.15) is 0 Å². The Hall–Kier alpha value is -3.95. The Kier molecular flexibility index (Phi) is 7.28. The summed E-state index contributed by atoms with van der Waals surface area (Å²) in [5, 5.41) is 7.99. The maximum atomic E-state index is 11.8. The van der Waals surface area contributed by atoms with Gasteiger partial charge < -0.3 is 11.1 Å². The van der Waals surface area contributed by atoms with Crippen molar-refractivity contribution in [2.45, 2.75) is 6.54 Å². The second kappa shape index (κ2) is 10.5. The fourth-order valence-corrected chi connectivity index (χ4v) is 4.32. The third-order valence-electron chi connectivity index (χ3n) is 5.60. The summed E-state index contributed by atoms with van der Waals surface area (Å²) in [4.78, 5) is 11.5. The summed E-state index contributed by atoms with van der Waals surface area (Å²) >= 11 is 0. The number of anilines is 1. The molecular weight excluding hydrogens is 462 g/mol. The number of nitrogens with one attached hydrogen (secondary N) is 2. The summed E-state index contributed by atoms with van der Waals surface area (Å²) in [5.41, 5.74) is 11.2. The van der Waals surface area contributed by atoms with E-state index in [4.69, 9.17) is 10.8 Å². The van der Waals surface area contributed by atoms with Crippen LogP contribution in [0.1, 0.15) is 15.9 Å². The van der Waals surface area contributed by atoms with Gasteiger partial charge in [-0.15, -0.1) is 0 Å². The van der Waals surface area contributed by atoms with Gasteiger partial charge in [0, 0.05) is 29.6 Å². The number of rotatable bonds is 10. The van der Waals surface area contributed by atoms with Gasteiger partial charge in [-0.25, -0.2) is 13.1 Å². The van der Waals surface area contributed by atoms with E-state index in [1.165, 1.54) is 7.05 Å². The lowest BCUT2D eigenvalue weighted by molar-refractivity contribution is 0.1000. The number of benzene rings is 3.